The Bertz CT molecular complexity index is 590. The van der Waals surface area contributed by atoms with E-state index in [-0.39, 0.29) is 10.8 Å². The van der Waals surface area contributed by atoms with Gasteiger partial charge >= 0.3 is 5.97 Å². The number of carboxylic acid groups (broad SMARTS) is 1. The summed E-state index contributed by atoms with van der Waals surface area (Å²) in [5.41, 5.74) is 0.492. The Morgan fingerprint density at radius 3 is 3.00 bits per heavy atom. The van der Waals surface area contributed by atoms with Crippen molar-refractivity contribution in [2.24, 2.45) is 0 Å². The van der Waals surface area contributed by atoms with Crippen molar-refractivity contribution in [1.82, 2.24) is 15.2 Å². The van der Waals surface area contributed by atoms with Gasteiger partial charge in [0.25, 0.3) is 0 Å². The molecule has 8 heteroatoms. The fraction of sp³-hybridized carbons (Fsp3) is 0.100. The van der Waals surface area contributed by atoms with Crippen molar-refractivity contribution in [1.29, 1.82) is 0 Å². The van der Waals surface area contributed by atoms with Crippen LogP contribution < -0.4 is 0 Å². The topological polar surface area (TPSA) is 78.9 Å². The van der Waals surface area contributed by atoms with Gasteiger partial charge < -0.3 is 5.11 Å². The summed E-state index contributed by atoms with van der Waals surface area (Å²) in [6.07, 6.45) is 0. The number of H-pyrrole nitrogens is 1. The minimum atomic E-state index is -0.955. The molecule has 2 rings (SSSR count). The first-order chi connectivity index (χ1) is 8.56. The van der Waals surface area contributed by atoms with E-state index in [1.165, 1.54) is 12.1 Å². The molecule has 2 N–H and O–H groups in total. The number of nitrogens with zero attached hydrogens (tertiary/aromatic N) is 2. The van der Waals surface area contributed by atoms with Gasteiger partial charge in [0.2, 0.25) is 5.16 Å². The predicted octanol–water partition coefficient (Wildman–Crippen LogP) is 2.44. The molecule has 0 unspecified atom stereocenters. The fourth-order valence-corrected chi connectivity index (χ4v) is 1.85. The SMILES string of the molecule is O=C(O)CSc1n[nH]c(-c2ccc(Cl)c(F)c2)n1. The highest BCUT2D eigenvalue weighted by Crippen LogP contribution is 2.23. The molecule has 1 heterocycles. The number of thioether (sulfide) groups is 1. The van der Waals surface area contributed by atoms with Crippen molar-refractivity contribution >= 4 is 29.3 Å². The van der Waals surface area contributed by atoms with Gasteiger partial charge in [0.05, 0.1) is 10.8 Å². The van der Waals surface area contributed by atoms with E-state index in [2.05, 4.69) is 15.2 Å². The molecular formula is C10H7ClFN3O2S. The van der Waals surface area contributed by atoms with E-state index in [4.69, 9.17) is 16.7 Å². The number of rotatable bonds is 4. The van der Waals surface area contributed by atoms with E-state index >= 15 is 0 Å². The first-order valence-corrected chi connectivity index (χ1v) is 6.15. The van der Waals surface area contributed by atoms with Crippen molar-refractivity contribution in [3.63, 3.8) is 0 Å². The summed E-state index contributed by atoms with van der Waals surface area (Å²) in [5.74, 6) is -1.28. The number of nitrogens with one attached hydrogen (secondary N) is 1. The molecule has 18 heavy (non-hydrogen) atoms. The van der Waals surface area contributed by atoms with Crippen molar-refractivity contribution in [2.75, 3.05) is 5.75 Å². The molecule has 0 spiro atoms. The third kappa shape index (κ3) is 2.99. The standard InChI is InChI=1S/C10H7ClFN3O2S/c11-6-2-1-5(3-7(6)12)9-13-10(15-14-9)18-4-8(16)17/h1-3H,4H2,(H,16,17)(H,13,14,15). The molecule has 0 saturated heterocycles. The molecule has 0 atom stereocenters. The molecule has 0 bridgehead atoms. The van der Waals surface area contributed by atoms with Gasteiger partial charge in [-0.2, -0.15) is 0 Å². The summed E-state index contributed by atoms with van der Waals surface area (Å²) in [5, 5.41) is 15.3. The van der Waals surface area contributed by atoms with Gasteiger partial charge in [0, 0.05) is 5.56 Å². The van der Waals surface area contributed by atoms with Crippen LogP contribution >= 0.6 is 23.4 Å². The maximum Gasteiger partial charge on any atom is 0.313 e. The maximum absolute atomic E-state index is 13.2. The Labute approximate surface area is 110 Å². The number of aromatic nitrogens is 3. The lowest BCUT2D eigenvalue weighted by Gasteiger charge is -1.97. The number of carboxylic acids is 1. The average Bonchev–Trinajstić information content (AvgIpc) is 2.79. The molecular weight excluding hydrogens is 281 g/mol. The zero-order chi connectivity index (χ0) is 13.1. The maximum atomic E-state index is 13.2. The summed E-state index contributed by atoms with van der Waals surface area (Å²) >= 11 is 6.55. The molecule has 0 aliphatic rings. The van der Waals surface area contributed by atoms with Crippen molar-refractivity contribution in [3.05, 3.63) is 29.0 Å². The quantitative estimate of drug-likeness (QED) is 0.845. The van der Waals surface area contributed by atoms with Crippen LogP contribution in [0.3, 0.4) is 0 Å². The van der Waals surface area contributed by atoms with Crippen LogP contribution in [0.2, 0.25) is 5.02 Å². The normalized spacial score (nSPS) is 10.6. The van der Waals surface area contributed by atoms with Crippen LogP contribution in [-0.4, -0.2) is 32.0 Å². The Morgan fingerprint density at radius 2 is 2.33 bits per heavy atom. The van der Waals surface area contributed by atoms with Crippen LogP contribution in [0.1, 0.15) is 0 Å². The molecule has 1 aromatic heterocycles. The highest BCUT2D eigenvalue weighted by molar-refractivity contribution is 7.99. The monoisotopic (exact) mass is 287 g/mol. The number of benzene rings is 1. The van der Waals surface area contributed by atoms with E-state index in [0.29, 0.717) is 16.5 Å². The smallest absolute Gasteiger partial charge is 0.313 e. The predicted molar refractivity (Wildman–Crippen MR) is 65.1 cm³/mol. The van der Waals surface area contributed by atoms with Gasteiger partial charge in [-0.25, -0.2) is 9.37 Å². The van der Waals surface area contributed by atoms with Crippen molar-refractivity contribution in [2.45, 2.75) is 5.16 Å². The minimum absolute atomic E-state index is 0.0266. The van der Waals surface area contributed by atoms with Gasteiger partial charge in [0.1, 0.15) is 5.82 Å². The number of carbonyl (C=O) groups is 1. The van der Waals surface area contributed by atoms with Gasteiger partial charge in [-0.05, 0) is 18.2 Å². The third-order valence-electron chi connectivity index (χ3n) is 1.98. The summed E-state index contributed by atoms with van der Waals surface area (Å²) < 4.78 is 13.2. The van der Waals surface area contributed by atoms with Crippen LogP contribution in [0.25, 0.3) is 11.4 Å². The van der Waals surface area contributed by atoms with Gasteiger partial charge in [0.15, 0.2) is 5.82 Å². The largest absolute Gasteiger partial charge is 0.481 e. The second-order valence-electron chi connectivity index (χ2n) is 3.28. The van der Waals surface area contributed by atoms with Gasteiger partial charge in [-0.1, -0.05) is 23.4 Å². The van der Waals surface area contributed by atoms with E-state index in [1.54, 1.807) is 6.07 Å². The first kappa shape index (κ1) is 12.8. The van der Waals surface area contributed by atoms with Crippen LogP contribution in [0.15, 0.2) is 23.4 Å². The lowest BCUT2D eigenvalue weighted by atomic mass is 10.2. The molecule has 0 fully saturated rings. The van der Waals surface area contributed by atoms with Gasteiger partial charge in [-0.3, -0.25) is 9.89 Å². The minimum Gasteiger partial charge on any atom is -0.481 e. The molecule has 0 radical (unpaired) electrons. The highest BCUT2D eigenvalue weighted by Gasteiger charge is 2.09. The molecule has 0 aliphatic carbocycles. The second-order valence-corrected chi connectivity index (χ2v) is 4.63. The van der Waals surface area contributed by atoms with Crippen molar-refractivity contribution < 1.29 is 14.3 Å². The van der Waals surface area contributed by atoms with Crippen LogP contribution in [0.5, 0.6) is 0 Å². The molecule has 5 nitrogen and oxygen atoms in total. The summed E-state index contributed by atoms with van der Waals surface area (Å²) in [7, 11) is 0. The third-order valence-corrected chi connectivity index (χ3v) is 3.12. The van der Waals surface area contributed by atoms with E-state index in [1.807, 2.05) is 0 Å². The van der Waals surface area contributed by atoms with Gasteiger partial charge in [-0.15, -0.1) is 5.10 Å². The number of halogens is 2. The molecule has 0 saturated carbocycles. The Balaban J connectivity index is 2.18. The second kappa shape index (κ2) is 5.36. The van der Waals surface area contributed by atoms with Crippen molar-refractivity contribution in [3.8, 4) is 11.4 Å². The summed E-state index contributed by atoms with van der Waals surface area (Å²) in [6, 6.07) is 4.24. The first-order valence-electron chi connectivity index (χ1n) is 4.78. The average molecular weight is 288 g/mol. The summed E-state index contributed by atoms with van der Waals surface area (Å²) in [4.78, 5) is 14.4. The number of aromatic amines is 1. The number of hydrogen-bond acceptors (Lipinski definition) is 4. The van der Waals surface area contributed by atoms with E-state index in [0.717, 1.165) is 11.8 Å². The Kier molecular flexibility index (Phi) is 3.83. The lowest BCUT2D eigenvalue weighted by Crippen LogP contribution is -1.97. The lowest BCUT2D eigenvalue weighted by molar-refractivity contribution is -0.133. The Hall–Kier alpha value is -1.60. The van der Waals surface area contributed by atoms with Crippen LogP contribution in [-0.2, 0) is 4.79 Å². The number of aliphatic carboxylic acids is 1. The molecule has 2 aromatic rings. The van der Waals surface area contributed by atoms with Crippen LogP contribution in [0.4, 0.5) is 4.39 Å². The van der Waals surface area contributed by atoms with E-state index in [9.17, 15) is 9.18 Å². The highest BCUT2D eigenvalue weighted by atomic mass is 35.5. The van der Waals surface area contributed by atoms with Crippen LogP contribution in [0, 0.1) is 5.82 Å². The number of hydrogen-bond donors (Lipinski definition) is 2. The summed E-state index contributed by atoms with van der Waals surface area (Å²) in [6.45, 7) is 0. The molecule has 1 aromatic carbocycles. The fourth-order valence-electron chi connectivity index (χ4n) is 1.21. The molecule has 94 valence electrons. The van der Waals surface area contributed by atoms with E-state index < -0.39 is 11.8 Å². The zero-order valence-electron chi connectivity index (χ0n) is 8.85. The molecule has 0 aliphatic heterocycles. The molecule has 0 amide bonds. The zero-order valence-corrected chi connectivity index (χ0v) is 10.4. The Morgan fingerprint density at radius 1 is 1.56 bits per heavy atom.